The Labute approximate surface area is 164 Å². The zero-order valence-electron chi connectivity index (χ0n) is 15.0. The molecule has 0 radical (unpaired) electrons. The SMILES string of the molecule is CN=C(NCc1ccc(C(=O)NC)cc1)N(C)Cc1ccc(Cl)c(Cl)c1. The number of nitrogens with zero attached hydrogens (tertiary/aromatic N) is 2. The molecule has 0 aliphatic carbocycles. The first-order valence-electron chi connectivity index (χ1n) is 8.11. The summed E-state index contributed by atoms with van der Waals surface area (Å²) in [5.41, 5.74) is 2.74. The maximum atomic E-state index is 11.6. The fourth-order valence-electron chi connectivity index (χ4n) is 2.47. The van der Waals surface area contributed by atoms with Gasteiger partial charge in [-0.1, -0.05) is 41.4 Å². The maximum absolute atomic E-state index is 11.6. The fraction of sp³-hybridized carbons (Fsp3) is 0.263. The van der Waals surface area contributed by atoms with Crippen LogP contribution in [-0.4, -0.2) is 37.9 Å². The van der Waals surface area contributed by atoms with Crippen molar-refractivity contribution in [3.63, 3.8) is 0 Å². The number of rotatable bonds is 5. The van der Waals surface area contributed by atoms with Crippen molar-refractivity contribution in [3.8, 4) is 0 Å². The fourth-order valence-corrected chi connectivity index (χ4v) is 2.79. The Kier molecular flexibility index (Phi) is 7.30. The van der Waals surface area contributed by atoms with Gasteiger partial charge in [0.15, 0.2) is 5.96 Å². The highest BCUT2D eigenvalue weighted by Gasteiger charge is 2.08. The van der Waals surface area contributed by atoms with E-state index >= 15 is 0 Å². The Morgan fingerprint density at radius 3 is 2.31 bits per heavy atom. The first-order chi connectivity index (χ1) is 12.4. The van der Waals surface area contributed by atoms with Crippen LogP contribution in [0, 0.1) is 0 Å². The second kappa shape index (κ2) is 9.46. The summed E-state index contributed by atoms with van der Waals surface area (Å²) >= 11 is 12.0. The Morgan fingerprint density at radius 1 is 1.08 bits per heavy atom. The summed E-state index contributed by atoms with van der Waals surface area (Å²) < 4.78 is 0. The molecule has 0 spiro atoms. The summed E-state index contributed by atoms with van der Waals surface area (Å²) in [7, 11) is 5.31. The molecule has 26 heavy (non-hydrogen) atoms. The zero-order chi connectivity index (χ0) is 19.1. The summed E-state index contributed by atoms with van der Waals surface area (Å²) in [6, 6.07) is 13.0. The van der Waals surface area contributed by atoms with Crippen molar-refractivity contribution in [3.05, 3.63) is 69.2 Å². The summed E-state index contributed by atoms with van der Waals surface area (Å²) in [6.45, 7) is 1.25. The van der Waals surface area contributed by atoms with Gasteiger partial charge in [0, 0.05) is 39.8 Å². The molecule has 2 aromatic carbocycles. The second-order valence-electron chi connectivity index (χ2n) is 5.78. The second-order valence-corrected chi connectivity index (χ2v) is 6.60. The molecule has 2 aromatic rings. The highest BCUT2D eigenvalue weighted by Crippen LogP contribution is 2.23. The lowest BCUT2D eigenvalue weighted by Crippen LogP contribution is -2.38. The van der Waals surface area contributed by atoms with Crippen molar-refractivity contribution in [1.29, 1.82) is 0 Å². The van der Waals surface area contributed by atoms with E-state index in [1.165, 1.54) is 0 Å². The number of hydrogen-bond donors (Lipinski definition) is 2. The van der Waals surface area contributed by atoms with Crippen LogP contribution < -0.4 is 10.6 Å². The average Bonchev–Trinajstić information content (AvgIpc) is 2.65. The van der Waals surface area contributed by atoms with Crippen molar-refractivity contribution in [2.75, 3.05) is 21.1 Å². The molecule has 1 amide bonds. The van der Waals surface area contributed by atoms with E-state index in [0.29, 0.717) is 28.7 Å². The van der Waals surface area contributed by atoms with Crippen LogP contribution >= 0.6 is 23.2 Å². The number of carbonyl (C=O) groups excluding carboxylic acids is 1. The van der Waals surface area contributed by atoms with Gasteiger partial charge in [0.25, 0.3) is 5.91 Å². The van der Waals surface area contributed by atoms with E-state index in [9.17, 15) is 4.79 Å². The molecule has 2 N–H and O–H groups in total. The van der Waals surface area contributed by atoms with E-state index in [4.69, 9.17) is 23.2 Å². The number of benzene rings is 2. The van der Waals surface area contributed by atoms with Gasteiger partial charge in [-0.3, -0.25) is 9.79 Å². The summed E-state index contributed by atoms with van der Waals surface area (Å²) in [5.74, 6) is 0.660. The standard InChI is InChI=1S/C19H22Cl2N4O/c1-22-18(26)15-7-4-13(5-8-15)11-24-19(23-2)25(3)12-14-6-9-16(20)17(21)10-14/h4-10H,11-12H2,1-3H3,(H,22,26)(H,23,24). The van der Waals surface area contributed by atoms with Gasteiger partial charge in [0.2, 0.25) is 0 Å². The average molecular weight is 393 g/mol. The van der Waals surface area contributed by atoms with Crippen molar-refractivity contribution in [2.24, 2.45) is 4.99 Å². The molecule has 0 aliphatic rings. The van der Waals surface area contributed by atoms with Crippen LogP contribution in [0.4, 0.5) is 0 Å². The molecule has 2 rings (SSSR count). The van der Waals surface area contributed by atoms with Crippen LogP contribution in [0.3, 0.4) is 0 Å². The van der Waals surface area contributed by atoms with Crippen LogP contribution in [0.2, 0.25) is 10.0 Å². The van der Waals surface area contributed by atoms with Gasteiger partial charge < -0.3 is 15.5 Å². The Morgan fingerprint density at radius 2 is 1.73 bits per heavy atom. The predicted molar refractivity (Wildman–Crippen MR) is 108 cm³/mol. The number of guanidine groups is 1. The third-order valence-electron chi connectivity index (χ3n) is 3.87. The Bertz CT molecular complexity index is 791. The minimum absolute atomic E-state index is 0.0957. The highest BCUT2D eigenvalue weighted by atomic mass is 35.5. The lowest BCUT2D eigenvalue weighted by Gasteiger charge is -2.22. The van der Waals surface area contributed by atoms with Crippen LogP contribution in [-0.2, 0) is 13.1 Å². The van der Waals surface area contributed by atoms with Gasteiger partial charge >= 0.3 is 0 Å². The number of carbonyl (C=O) groups is 1. The molecule has 0 saturated heterocycles. The normalized spacial score (nSPS) is 11.2. The van der Waals surface area contributed by atoms with Gasteiger partial charge in [-0.25, -0.2) is 0 Å². The molecule has 0 unspecified atom stereocenters. The van der Waals surface area contributed by atoms with E-state index in [2.05, 4.69) is 15.6 Å². The molecule has 5 nitrogen and oxygen atoms in total. The molecule has 0 atom stereocenters. The third kappa shape index (κ3) is 5.38. The molecular weight excluding hydrogens is 371 g/mol. The molecule has 0 aromatic heterocycles. The largest absolute Gasteiger partial charge is 0.355 e. The van der Waals surface area contributed by atoms with E-state index in [1.54, 1.807) is 32.3 Å². The van der Waals surface area contributed by atoms with Crippen molar-refractivity contribution in [2.45, 2.75) is 13.1 Å². The van der Waals surface area contributed by atoms with E-state index in [-0.39, 0.29) is 5.91 Å². The first kappa shape index (κ1) is 20.1. The third-order valence-corrected chi connectivity index (χ3v) is 4.61. The lowest BCUT2D eigenvalue weighted by atomic mass is 10.1. The van der Waals surface area contributed by atoms with Gasteiger partial charge in [0.1, 0.15) is 0 Å². The molecule has 0 heterocycles. The van der Waals surface area contributed by atoms with Gasteiger partial charge in [-0.15, -0.1) is 0 Å². The number of aliphatic imine (C=N–C) groups is 1. The summed E-state index contributed by atoms with van der Waals surface area (Å²) in [4.78, 5) is 17.9. The van der Waals surface area contributed by atoms with Crippen molar-refractivity contribution >= 4 is 35.1 Å². The minimum atomic E-state index is -0.0957. The zero-order valence-corrected chi connectivity index (χ0v) is 16.5. The molecule has 138 valence electrons. The van der Waals surface area contributed by atoms with Gasteiger partial charge in [0.05, 0.1) is 10.0 Å². The lowest BCUT2D eigenvalue weighted by molar-refractivity contribution is 0.0963. The monoisotopic (exact) mass is 392 g/mol. The summed E-state index contributed by atoms with van der Waals surface area (Å²) in [6.07, 6.45) is 0. The molecule has 7 heteroatoms. The Hall–Kier alpha value is -2.24. The molecule has 0 saturated carbocycles. The topological polar surface area (TPSA) is 56.7 Å². The molecule has 0 aliphatic heterocycles. The van der Waals surface area contributed by atoms with Crippen molar-refractivity contribution in [1.82, 2.24) is 15.5 Å². The smallest absolute Gasteiger partial charge is 0.251 e. The van der Waals surface area contributed by atoms with Crippen LogP contribution in [0.5, 0.6) is 0 Å². The number of nitrogens with one attached hydrogen (secondary N) is 2. The van der Waals surface area contributed by atoms with Crippen LogP contribution in [0.25, 0.3) is 0 Å². The molecular formula is C19H22Cl2N4O. The van der Waals surface area contributed by atoms with E-state index < -0.39 is 0 Å². The maximum Gasteiger partial charge on any atom is 0.251 e. The van der Waals surface area contributed by atoms with E-state index in [0.717, 1.165) is 17.1 Å². The van der Waals surface area contributed by atoms with Crippen LogP contribution in [0.15, 0.2) is 47.5 Å². The predicted octanol–water partition coefficient (Wildman–Crippen LogP) is 3.56. The highest BCUT2D eigenvalue weighted by molar-refractivity contribution is 6.42. The van der Waals surface area contributed by atoms with E-state index in [1.807, 2.05) is 36.2 Å². The quantitative estimate of drug-likeness (QED) is 0.603. The van der Waals surface area contributed by atoms with Gasteiger partial charge in [-0.2, -0.15) is 0 Å². The minimum Gasteiger partial charge on any atom is -0.355 e. The molecule has 0 bridgehead atoms. The number of amides is 1. The van der Waals surface area contributed by atoms with Crippen LogP contribution in [0.1, 0.15) is 21.5 Å². The number of hydrogen-bond acceptors (Lipinski definition) is 2. The van der Waals surface area contributed by atoms with Gasteiger partial charge in [-0.05, 0) is 35.4 Å². The Balaban J connectivity index is 1.96. The summed E-state index contributed by atoms with van der Waals surface area (Å²) in [5, 5.41) is 7.00. The van der Waals surface area contributed by atoms with Crippen molar-refractivity contribution < 1.29 is 4.79 Å². The first-order valence-corrected chi connectivity index (χ1v) is 8.87. The number of halogens is 2. The molecule has 0 fully saturated rings.